The Labute approximate surface area is 117 Å². The van der Waals surface area contributed by atoms with Crippen molar-refractivity contribution in [2.45, 2.75) is 32.9 Å². The molecule has 0 bridgehead atoms. The zero-order valence-corrected chi connectivity index (χ0v) is 11.9. The molecule has 1 unspecified atom stereocenters. The summed E-state index contributed by atoms with van der Waals surface area (Å²) in [5, 5.41) is 18.8. The quantitative estimate of drug-likeness (QED) is 0.795. The van der Waals surface area contributed by atoms with Gasteiger partial charge in [0, 0.05) is 18.2 Å². The molecule has 2 aromatic rings. The summed E-state index contributed by atoms with van der Waals surface area (Å²) in [6, 6.07) is 7.61. The van der Waals surface area contributed by atoms with Gasteiger partial charge in [-0.2, -0.15) is 0 Å². The highest BCUT2D eigenvalue weighted by Crippen LogP contribution is 2.14. The Morgan fingerprint density at radius 3 is 2.70 bits per heavy atom. The maximum absolute atomic E-state index is 11.7. The Morgan fingerprint density at radius 2 is 2.10 bits per heavy atom. The van der Waals surface area contributed by atoms with Gasteiger partial charge in [0.1, 0.15) is 5.75 Å². The minimum absolute atomic E-state index is 0.327. The molecule has 0 aliphatic carbocycles. The normalized spacial score (nSPS) is 12.3. The standard InChI is InChI=1S/C14H19N3O3/c1-4-10(2)15-9-13-14(18)20-16-17(13)11-5-7-12(19-3)8-6-11/h5-8,10,15H,4,9H2,1-3H3. The fraction of sp³-hybridized carbons (Fsp3) is 0.429. The molecule has 1 atom stereocenters. The Balaban J connectivity index is 2.22. The second kappa shape index (κ2) is 6.38. The van der Waals surface area contributed by atoms with Crippen molar-refractivity contribution < 1.29 is 19.0 Å². The number of benzene rings is 1. The van der Waals surface area contributed by atoms with Crippen molar-refractivity contribution in [3.05, 3.63) is 30.0 Å². The van der Waals surface area contributed by atoms with Gasteiger partial charge in [0.05, 0.1) is 18.9 Å². The van der Waals surface area contributed by atoms with E-state index in [9.17, 15) is 5.11 Å². The fourth-order valence-corrected chi connectivity index (χ4v) is 1.76. The van der Waals surface area contributed by atoms with Crippen molar-refractivity contribution in [1.82, 2.24) is 10.6 Å². The van der Waals surface area contributed by atoms with Crippen LogP contribution in [-0.2, 0) is 6.54 Å². The number of nitrogens with one attached hydrogen (secondary N) is 1. The van der Waals surface area contributed by atoms with Crippen molar-refractivity contribution in [2.75, 3.05) is 7.11 Å². The minimum Gasteiger partial charge on any atom is -0.539 e. The summed E-state index contributed by atoms with van der Waals surface area (Å²) >= 11 is 0. The van der Waals surface area contributed by atoms with Crippen LogP contribution in [0.4, 0.5) is 0 Å². The van der Waals surface area contributed by atoms with E-state index >= 15 is 0 Å². The van der Waals surface area contributed by atoms with Gasteiger partial charge in [-0.25, -0.2) is 0 Å². The Morgan fingerprint density at radius 1 is 1.40 bits per heavy atom. The zero-order chi connectivity index (χ0) is 14.5. The molecule has 0 aliphatic rings. The van der Waals surface area contributed by atoms with Crippen LogP contribution < -0.4 is 19.8 Å². The van der Waals surface area contributed by atoms with Gasteiger partial charge >= 0.3 is 0 Å². The summed E-state index contributed by atoms with van der Waals surface area (Å²) in [5.74, 6) is 0.330. The molecule has 0 saturated carbocycles. The number of nitrogens with zero attached hydrogens (tertiary/aromatic N) is 2. The van der Waals surface area contributed by atoms with Gasteiger partial charge in [-0.05, 0) is 30.2 Å². The molecule has 1 aromatic carbocycles. The lowest BCUT2D eigenvalue weighted by Gasteiger charge is -2.08. The molecular weight excluding hydrogens is 258 g/mol. The van der Waals surface area contributed by atoms with E-state index in [1.165, 1.54) is 4.68 Å². The zero-order valence-electron chi connectivity index (χ0n) is 11.9. The Kier molecular flexibility index (Phi) is 4.57. The van der Waals surface area contributed by atoms with Crippen LogP contribution in [0.5, 0.6) is 11.7 Å². The molecule has 0 saturated heterocycles. The predicted molar refractivity (Wildman–Crippen MR) is 70.6 cm³/mol. The third-order valence-corrected chi connectivity index (χ3v) is 3.24. The molecule has 2 rings (SSSR count). The average molecular weight is 277 g/mol. The second-order valence-electron chi connectivity index (χ2n) is 4.61. The lowest BCUT2D eigenvalue weighted by molar-refractivity contribution is -0.677. The van der Waals surface area contributed by atoms with E-state index in [2.05, 4.69) is 24.4 Å². The highest BCUT2D eigenvalue weighted by Gasteiger charge is 2.20. The van der Waals surface area contributed by atoms with Crippen LogP contribution in [0.1, 0.15) is 26.0 Å². The molecule has 1 aromatic heterocycles. The summed E-state index contributed by atoms with van der Waals surface area (Å²) in [4.78, 5) is 0. The Bertz CT molecular complexity index is 551. The molecule has 0 radical (unpaired) electrons. The van der Waals surface area contributed by atoms with Crippen molar-refractivity contribution in [2.24, 2.45) is 0 Å². The molecule has 108 valence electrons. The van der Waals surface area contributed by atoms with Crippen molar-refractivity contribution in [3.8, 4) is 17.4 Å². The fourth-order valence-electron chi connectivity index (χ4n) is 1.76. The SMILES string of the molecule is CCC(C)NCc1c([O-])on[n+]1-c1ccc(OC)cc1. The van der Waals surface area contributed by atoms with Gasteiger partial charge in [-0.1, -0.05) is 6.92 Å². The lowest BCUT2D eigenvalue weighted by atomic mass is 10.2. The van der Waals surface area contributed by atoms with Gasteiger partial charge < -0.3 is 19.7 Å². The van der Waals surface area contributed by atoms with Crippen LogP contribution in [-0.4, -0.2) is 18.4 Å². The molecule has 0 amide bonds. The van der Waals surface area contributed by atoms with E-state index in [0.29, 0.717) is 18.3 Å². The molecule has 6 heteroatoms. The largest absolute Gasteiger partial charge is 0.539 e. The highest BCUT2D eigenvalue weighted by molar-refractivity contribution is 5.31. The summed E-state index contributed by atoms with van der Waals surface area (Å²) in [7, 11) is 1.61. The third kappa shape index (κ3) is 3.08. The van der Waals surface area contributed by atoms with E-state index < -0.39 is 5.95 Å². The molecule has 0 aliphatic heterocycles. The first-order valence-corrected chi connectivity index (χ1v) is 6.61. The monoisotopic (exact) mass is 277 g/mol. The minimum atomic E-state index is -0.420. The molecule has 6 nitrogen and oxygen atoms in total. The highest BCUT2D eigenvalue weighted by atomic mass is 16.6. The maximum atomic E-state index is 11.7. The first-order valence-electron chi connectivity index (χ1n) is 6.61. The van der Waals surface area contributed by atoms with Crippen LogP contribution in [0.2, 0.25) is 0 Å². The first-order chi connectivity index (χ1) is 9.65. The number of methoxy groups -OCH3 is 1. The molecular formula is C14H19N3O3. The second-order valence-corrected chi connectivity index (χ2v) is 4.61. The van der Waals surface area contributed by atoms with Crippen molar-refractivity contribution in [3.63, 3.8) is 0 Å². The van der Waals surface area contributed by atoms with Crippen LogP contribution in [0.25, 0.3) is 5.69 Å². The van der Waals surface area contributed by atoms with Gasteiger partial charge in [0.2, 0.25) is 5.69 Å². The topological polar surface area (TPSA) is 74.2 Å². The van der Waals surface area contributed by atoms with Gasteiger partial charge in [0.25, 0.3) is 5.69 Å². The van der Waals surface area contributed by atoms with Crippen LogP contribution in [0.15, 0.2) is 28.8 Å². The smallest absolute Gasteiger partial charge is 0.253 e. The number of aromatic nitrogens is 2. The molecule has 0 spiro atoms. The summed E-state index contributed by atoms with van der Waals surface area (Å²) in [6.45, 7) is 4.57. The van der Waals surface area contributed by atoms with Gasteiger partial charge in [-0.3, -0.25) is 0 Å². The summed E-state index contributed by atoms with van der Waals surface area (Å²) < 4.78 is 11.4. The molecule has 1 N–H and O–H groups in total. The third-order valence-electron chi connectivity index (χ3n) is 3.24. The number of ether oxygens (including phenoxy) is 1. The number of rotatable bonds is 6. The van der Waals surface area contributed by atoms with E-state index in [-0.39, 0.29) is 0 Å². The van der Waals surface area contributed by atoms with Crippen molar-refractivity contribution in [1.29, 1.82) is 0 Å². The van der Waals surface area contributed by atoms with Crippen LogP contribution in [0.3, 0.4) is 0 Å². The Hall–Kier alpha value is -2.08. The van der Waals surface area contributed by atoms with Gasteiger partial charge in [0.15, 0.2) is 5.95 Å². The van der Waals surface area contributed by atoms with E-state index in [1.807, 2.05) is 24.3 Å². The van der Waals surface area contributed by atoms with Crippen molar-refractivity contribution >= 4 is 0 Å². The van der Waals surface area contributed by atoms with E-state index in [4.69, 9.17) is 9.26 Å². The first kappa shape index (κ1) is 14.3. The molecule has 0 fully saturated rings. The predicted octanol–water partition coefficient (Wildman–Crippen LogP) is 0.922. The summed E-state index contributed by atoms with van der Waals surface area (Å²) in [5.41, 5.74) is 1.24. The van der Waals surface area contributed by atoms with E-state index in [1.54, 1.807) is 7.11 Å². The molecule has 20 heavy (non-hydrogen) atoms. The number of hydrogen-bond acceptors (Lipinski definition) is 5. The summed E-state index contributed by atoms with van der Waals surface area (Å²) in [6.07, 6.45) is 0.988. The van der Waals surface area contributed by atoms with E-state index in [0.717, 1.165) is 17.9 Å². The number of hydrogen-bond donors (Lipinski definition) is 1. The lowest BCUT2D eigenvalue weighted by Crippen LogP contribution is -2.40. The molecule has 1 heterocycles. The van der Waals surface area contributed by atoms with Crippen LogP contribution in [0, 0.1) is 0 Å². The average Bonchev–Trinajstić information content (AvgIpc) is 2.86. The van der Waals surface area contributed by atoms with Gasteiger partial charge in [-0.15, -0.1) is 0 Å². The van der Waals surface area contributed by atoms with Crippen LogP contribution >= 0.6 is 0 Å². The maximum Gasteiger partial charge on any atom is 0.253 e.